The van der Waals surface area contributed by atoms with Crippen molar-refractivity contribution in [3.05, 3.63) is 101 Å². The van der Waals surface area contributed by atoms with Crippen molar-refractivity contribution in [2.24, 2.45) is 5.10 Å². The molecule has 0 aliphatic carbocycles. The molecule has 0 unspecified atom stereocenters. The van der Waals surface area contributed by atoms with Crippen molar-refractivity contribution in [3.63, 3.8) is 0 Å². The van der Waals surface area contributed by atoms with Crippen molar-refractivity contribution in [2.75, 3.05) is 0 Å². The first-order chi connectivity index (χ1) is 14.1. The Balaban J connectivity index is 1.62. The van der Waals surface area contributed by atoms with E-state index in [1.165, 1.54) is 17.7 Å². The highest BCUT2D eigenvalue weighted by Crippen LogP contribution is 2.25. The van der Waals surface area contributed by atoms with Crippen LogP contribution in [0.1, 0.15) is 27.2 Å². The molecule has 0 aliphatic heterocycles. The minimum absolute atomic E-state index is 0.118. The van der Waals surface area contributed by atoms with Gasteiger partial charge in [-0.15, -0.1) is 0 Å². The molecule has 5 nitrogen and oxygen atoms in total. The molecule has 0 radical (unpaired) electrons. The Morgan fingerprint density at radius 3 is 2.45 bits per heavy atom. The summed E-state index contributed by atoms with van der Waals surface area (Å²) in [5.74, 6) is -0.209. The number of para-hydroxylation sites is 1. The van der Waals surface area contributed by atoms with Crippen LogP contribution in [-0.2, 0) is 6.54 Å². The van der Waals surface area contributed by atoms with Crippen molar-refractivity contribution in [1.29, 1.82) is 0 Å². The summed E-state index contributed by atoms with van der Waals surface area (Å²) in [6, 6.07) is 24.5. The molecule has 4 aromatic rings. The summed E-state index contributed by atoms with van der Waals surface area (Å²) in [6.45, 7) is 2.83. The topological polar surface area (TPSA) is 66.6 Å². The maximum absolute atomic E-state index is 12.2. The monoisotopic (exact) mass is 383 g/mol. The predicted molar refractivity (Wildman–Crippen MR) is 115 cm³/mol. The van der Waals surface area contributed by atoms with Crippen molar-refractivity contribution in [2.45, 2.75) is 13.5 Å². The molecule has 4 rings (SSSR count). The minimum Gasteiger partial charge on any atom is -0.508 e. The van der Waals surface area contributed by atoms with E-state index in [2.05, 4.69) is 46.3 Å². The van der Waals surface area contributed by atoms with Gasteiger partial charge in [-0.1, -0.05) is 48.5 Å². The van der Waals surface area contributed by atoms with Crippen LogP contribution in [0.3, 0.4) is 0 Å². The Morgan fingerprint density at radius 2 is 1.69 bits per heavy atom. The van der Waals surface area contributed by atoms with E-state index in [9.17, 15) is 9.90 Å². The zero-order valence-electron chi connectivity index (χ0n) is 16.0. The van der Waals surface area contributed by atoms with E-state index in [0.29, 0.717) is 5.56 Å². The zero-order chi connectivity index (χ0) is 20.2. The standard InChI is InChI=1S/C24H21N3O2/c1-17-22(15-25-26-24(29)19-11-13-20(28)14-12-19)21-9-5-6-10-23(21)27(17)16-18-7-3-2-4-8-18/h2-15,28H,16H2,1H3,(H,26,29)/b25-15-. The highest BCUT2D eigenvalue weighted by Gasteiger charge is 2.13. The molecular formula is C24H21N3O2. The summed E-state index contributed by atoms with van der Waals surface area (Å²) >= 11 is 0. The average molecular weight is 383 g/mol. The Morgan fingerprint density at radius 1 is 1.00 bits per heavy atom. The molecule has 3 aromatic carbocycles. The van der Waals surface area contributed by atoms with E-state index >= 15 is 0 Å². The highest BCUT2D eigenvalue weighted by atomic mass is 16.3. The van der Waals surface area contributed by atoms with E-state index in [0.717, 1.165) is 28.7 Å². The molecule has 1 amide bonds. The number of rotatable bonds is 5. The zero-order valence-corrected chi connectivity index (χ0v) is 16.0. The van der Waals surface area contributed by atoms with Crippen LogP contribution in [-0.4, -0.2) is 21.8 Å². The number of carbonyl (C=O) groups is 1. The Kier molecular flexibility index (Phi) is 5.12. The van der Waals surface area contributed by atoms with Crippen molar-refractivity contribution in [1.82, 2.24) is 9.99 Å². The van der Waals surface area contributed by atoms with Gasteiger partial charge in [0.2, 0.25) is 0 Å². The van der Waals surface area contributed by atoms with Crippen LogP contribution in [0.25, 0.3) is 10.9 Å². The lowest BCUT2D eigenvalue weighted by Gasteiger charge is -2.08. The van der Waals surface area contributed by atoms with Gasteiger partial charge in [0, 0.05) is 34.3 Å². The predicted octanol–water partition coefficient (Wildman–Crippen LogP) is 4.47. The van der Waals surface area contributed by atoms with Crippen LogP contribution in [0.5, 0.6) is 5.75 Å². The lowest BCUT2D eigenvalue weighted by Crippen LogP contribution is -2.17. The van der Waals surface area contributed by atoms with Gasteiger partial charge in [-0.2, -0.15) is 5.10 Å². The number of aromatic hydroxyl groups is 1. The molecule has 0 saturated carbocycles. The number of nitrogens with zero attached hydrogens (tertiary/aromatic N) is 2. The number of hydrogen-bond acceptors (Lipinski definition) is 3. The van der Waals surface area contributed by atoms with Crippen molar-refractivity contribution < 1.29 is 9.90 Å². The fourth-order valence-electron chi connectivity index (χ4n) is 3.42. The normalized spacial score (nSPS) is 11.2. The number of carbonyl (C=O) groups excluding carboxylic acids is 1. The number of phenolic OH excluding ortho intramolecular Hbond substituents is 1. The van der Waals surface area contributed by atoms with Gasteiger partial charge in [-0.05, 0) is 42.8 Å². The van der Waals surface area contributed by atoms with Gasteiger partial charge in [0.1, 0.15) is 5.75 Å². The van der Waals surface area contributed by atoms with E-state index in [1.807, 2.05) is 30.3 Å². The summed E-state index contributed by atoms with van der Waals surface area (Å²) < 4.78 is 2.26. The van der Waals surface area contributed by atoms with Gasteiger partial charge in [-0.25, -0.2) is 5.43 Å². The maximum Gasteiger partial charge on any atom is 0.271 e. The summed E-state index contributed by atoms with van der Waals surface area (Å²) in [4.78, 5) is 12.2. The summed E-state index contributed by atoms with van der Waals surface area (Å²) in [6.07, 6.45) is 1.69. The molecule has 1 heterocycles. The molecule has 5 heteroatoms. The van der Waals surface area contributed by atoms with E-state index in [-0.39, 0.29) is 11.7 Å². The first-order valence-electron chi connectivity index (χ1n) is 9.37. The Labute approximate surface area is 168 Å². The fourth-order valence-corrected chi connectivity index (χ4v) is 3.42. The van der Waals surface area contributed by atoms with Crippen LogP contribution in [0, 0.1) is 6.92 Å². The molecule has 2 N–H and O–H groups in total. The number of aromatic nitrogens is 1. The molecule has 0 fully saturated rings. The lowest BCUT2D eigenvalue weighted by atomic mass is 10.1. The Hall–Kier alpha value is -3.86. The van der Waals surface area contributed by atoms with Gasteiger partial charge in [0.15, 0.2) is 0 Å². The third-order valence-electron chi connectivity index (χ3n) is 4.95. The van der Waals surface area contributed by atoms with Crippen LogP contribution in [0.15, 0.2) is 84.0 Å². The average Bonchev–Trinajstić information content (AvgIpc) is 3.01. The number of phenols is 1. The number of fused-ring (bicyclic) bond motifs is 1. The first-order valence-corrected chi connectivity index (χ1v) is 9.37. The molecular weight excluding hydrogens is 362 g/mol. The number of benzene rings is 3. The summed E-state index contributed by atoms with van der Waals surface area (Å²) in [5, 5.41) is 14.6. The molecule has 0 atom stereocenters. The minimum atomic E-state index is -0.327. The van der Waals surface area contributed by atoms with Crippen LogP contribution < -0.4 is 5.43 Å². The number of hydrogen-bond donors (Lipinski definition) is 2. The molecule has 0 aliphatic rings. The third kappa shape index (κ3) is 3.89. The van der Waals surface area contributed by atoms with Crippen LogP contribution >= 0.6 is 0 Å². The van der Waals surface area contributed by atoms with Crippen molar-refractivity contribution >= 4 is 23.0 Å². The second kappa shape index (κ2) is 8.02. The molecule has 0 spiro atoms. The smallest absolute Gasteiger partial charge is 0.271 e. The van der Waals surface area contributed by atoms with E-state index < -0.39 is 0 Å². The van der Waals surface area contributed by atoms with E-state index in [1.54, 1.807) is 18.3 Å². The second-order valence-electron chi connectivity index (χ2n) is 6.83. The van der Waals surface area contributed by atoms with Gasteiger partial charge < -0.3 is 9.67 Å². The molecule has 144 valence electrons. The summed E-state index contributed by atoms with van der Waals surface area (Å²) in [5.41, 5.74) is 7.39. The van der Waals surface area contributed by atoms with Gasteiger partial charge in [-0.3, -0.25) is 4.79 Å². The Bertz CT molecular complexity index is 1180. The SMILES string of the molecule is Cc1c(/C=N\NC(=O)c2ccc(O)cc2)c2ccccc2n1Cc1ccccc1. The first kappa shape index (κ1) is 18.5. The lowest BCUT2D eigenvalue weighted by molar-refractivity contribution is 0.0955. The third-order valence-corrected chi connectivity index (χ3v) is 4.95. The quantitative estimate of drug-likeness (QED) is 0.394. The highest BCUT2D eigenvalue weighted by molar-refractivity contribution is 6.02. The maximum atomic E-state index is 12.2. The summed E-state index contributed by atoms with van der Waals surface area (Å²) in [7, 11) is 0. The fraction of sp³-hybridized carbons (Fsp3) is 0.0833. The van der Waals surface area contributed by atoms with Gasteiger partial charge >= 0.3 is 0 Å². The number of amides is 1. The van der Waals surface area contributed by atoms with Gasteiger partial charge in [0.25, 0.3) is 5.91 Å². The molecule has 0 saturated heterocycles. The van der Waals surface area contributed by atoms with E-state index in [4.69, 9.17) is 0 Å². The molecule has 0 bridgehead atoms. The van der Waals surface area contributed by atoms with Gasteiger partial charge in [0.05, 0.1) is 6.21 Å². The van der Waals surface area contributed by atoms with Crippen molar-refractivity contribution in [3.8, 4) is 5.75 Å². The van der Waals surface area contributed by atoms with Crippen LogP contribution in [0.2, 0.25) is 0 Å². The molecule has 1 aromatic heterocycles. The number of hydrazone groups is 1. The molecule has 29 heavy (non-hydrogen) atoms. The number of nitrogens with one attached hydrogen (secondary N) is 1. The largest absolute Gasteiger partial charge is 0.508 e. The van der Waals surface area contributed by atoms with Crippen LogP contribution in [0.4, 0.5) is 0 Å². The second-order valence-corrected chi connectivity index (χ2v) is 6.83.